The van der Waals surface area contributed by atoms with Crippen LogP contribution in [-0.4, -0.2) is 55.1 Å². The third-order valence-electron chi connectivity index (χ3n) is 4.27. The number of aromatic amines is 1. The summed E-state index contributed by atoms with van der Waals surface area (Å²) in [4.78, 5) is 13.9. The summed E-state index contributed by atoms with van der Waals surface area (Å²) in [7, 11) is 1.65. The van der Waals surface area contributed by atoms with E-state index in [-0.39, 0.29) is 11.1 Å². The Kier molecular flexibility index (Phi) is 5.91. The number of H-pyrrole nitrogens is 1. The number of morpholine rings is 1. The molecule has 8 heteroatoms. The van der Waals surface area contributed by atoms with E-state index in [1.165, 1.54) is 6.20 Å². The predicted molar refractivity (Wildman–Crippen MR) is 96.5 cm³/mol. The fraction of sp³-hybridized carbons (Fsp3) is 0.412. The molecule has 0 unspecified atom stereocenters. The molecule has 3 rings (SSSR count). The molecular weight excluding hydrogens is 344 g/mol. The van der Waals surface area contributed by atoms with Crippen LogP contribution >= 0.6 is 11.6 Å². The largest absolute Gasteiger partial charge is 0.497 e. The van der Waals surface area contributed by atoms with Gasteiger partial charge in [0.1, 0.15) is 10.8 Å². The molecule has 1 aromatic heterocycles. The summed E-state index contributed by atoms with van der Waals surface area (Å²) in [6, 6.07) is 8.12. The quantitative estimate of drug-likeness (QED) is 0.815. The van der Waals surface area contributed by atoms with Crippen LogP contribution in [0, 0.1) is 0 Å². The number of anilines is 1. The lowest BCUT2D eigenvalue weighted by Crippen LogP contribution is -2.41. The van der Waals surface area contributed by atoms with Crippen molar-refractivity contribution in [3.05, 3.63) is 51.4 Å². The summed E-state index contributed by atoms with van der Waals surface area (Å²) in [6.45, 7) is 3.70. The van der Waals surface area contributed by atoms with Crippen LogP contribution in [0.25, 0.3) is 0 Å². The van der Waals surface area contributed by atoms with Gasteiger partial charge in [-0.15, -0.1) is 0 Å². The first-order valence-corrected chi connectivity index (χ1v) is 8.49. The van der Waals surface area contributed by atoms with E-state index in [2.05, 4.69) is 32.5 Å². The number of aromatic nitrogens is 2. The molecule has 0 saturated carbocycles. The molecule has 2 heterocycles. The van der Waals surface area contributed by atoms with Gasteiger partial charge in [0.25, 0.3) is 5.56 Å². The van der Waals surface area contributed by atoms with E-state index >= 15 is 0 Å². The van der Waals surface area contributed by atoms with E-state index in [1.54, 1.807) is 7.11 Å². The standard InChI is InChI=1S/C17H21ClN4O3/c1-24-13-4-2-12(3-5-13)15(22-6-8-25-9-7-22)11-19-14-10-20-21-17(23)16(14)18/h2-5,10,15H,6-9,11H2,1H3,(H2,19,21,23)/t15-/m1/s1. The summed E-state index contributed by atoms with van der Waals surface area (Å²) in [5.74, 6) is 0.819. The number of ether oxygens (including phenoxy) is 2. The van der Waals surface area contributed by atoms with Crippen LogP contribution in [-0.2, 0) is 4.74 Å². The Hall–Kier alpha value is -2.09. The van der Waals surface area contributed by atoms with Crippen LogP contribution in [0.3, 0.4) is 0 Å². The Bertz CT molecular complexity index is 744. The monoisotopic (exact) mass is 364 g/mol. The highest BCUT2D eigenvalue weighted by Gasteiger charge is 2.23. The maximum Gasteiger partial charge on any atom is 0.285 e. The summed E-state index contributed by atoms with van der Waals surface area (Å²) in [5.41, 5.74) is 1.28. The molecule has 1 atom stereocenters. The summed E-state index contributed by atoms with van der Waals surface area (Å²) in [5, 5.41) is 9.48. The molecule has 1 aliphatic heterocycles. The first-order valence-electron chi connectivity index (χ1n) is 8.12. The van der Waals surface area contributed by atoms with Gasteiger partial charge in [-0.25, -0.2) is 5.10 Å². The zero-order valence-electron chi connectivity index (χ0n) is 14.0. The minimum Gasteiger partial charge on any atom is -0.497 e. The van der Waals surface area contributed by atoms with Gasteiger partial charge in [0, 0.05) is 19.6 Å². The Labute approximate surface area is 150 Å². The van der Waals surface area contributed by atoms with Crippen LogP contribution < -0.4 is 15.6 Å². The molecule has 0 spiro atoms. The summed E-state index contributed by atoms with van der Waals surface area (Å²) in [6.07, 6.45) is 1.52. The van der Waals surface area contributed by atoms with Crippen molar-refractivity contribution in [3.8, 4) is 5.75 Å². The fourth-order valence-corrected chi connectivity index (χ4v) is 3.04. The highest BCUT2D eigenvalue weighted by molar-refractivity contribution is 6.32. The van der Waals surface area contributed by atoms with Crippen molar-refractivity contribution in [2.24, 2.45) is 0 Å². The molecule has 0 amide bonds. The van der Waals surface area contributed by atoms with Gasteiger partial charge in [-0.1, -0.05) is 23.7 Å². The van der Waals surface area contributed by atoms with Gasteiger partial charge in [0.15, 0.2) is 0 Å². The molecule has 0 aliphatic carbocycles. The van der Waals surface area contributed by atoms with Gasteiger partial charge < -0.3 is 14.8 Å². The number of hydrogen-bond donors (Lipinski definition) is 2. The minimum absolute atomic E-state index is 0.116. The van der Waals surface area contributed by atoms with E-state index in [9.17, 15) is 4.79 Å². The molecule has 1 aliphatic rings. The molecular formula is C17H21ClN4O3. The van der Waals surface area contributed by atoms with Gasteiger partial charge >= 0.3 is 0 Å². The van der Waals surface area contributed by atoms with Crippen LogP contribution in [0.2, 0.25) is 5.02 Å². The van der Waals surface area contributed by atoms with Crippen molar-refractivity contribution in [3.63, 3.8) is 0 Å². The number of methoxy groups -OCH3 is 1. The number of benzene rings is 1. The topological polar surface area (TPSA) is 79.5 Å². The first kappa shape index (κ1) is 17.7. The van der Waals surface area contributed by atoms with Crippen molar-refractivity contribution in [2.45, 2.75) is 6.04 Å². The van der Waals surface area contributed by atoms with Crippen LogP contribution in [0.4, 0.5) is 5.69 Å². The Morgan fingerprint density at radius 1 is 1.36 bits per heavy atom. The van der Waals surface area contributed by atoms with Crippen molar-refractivity contribution in [2.75, 3.05) is 45.3 Å². The van der Waals surface area contributed by atoms with E-state index in [4.69, 9.17) is 21.1 Å². The first-order chi connectivity index (χ1) is 12.2. The smallest absolute Gasteiger partial charge is 0.285 e. The average molecular weight is 365 g/mol. The minimum atomic E-state index is -0.404. The van der Waals surface area contributed by atoms with Crippen LogP contribution in [0.5, 0.6) is 5.75 Å². The Morgan fingerprint density at radius 2 is 2.08 bits per heavy atom. The lowest BCUT2D eigenvalue weighted by molar-refractivity contribution is 0.0187. The highest BCUT2D eigenvalue weighted by Crippen LogP contribution is 2.25. The van der Waals surface area contributed by atoms with Gasteiger partial charge in [0.2, 0.25) is 0 Å². The predicted octanol–water partition coefficient (Wildman–Crippen LogP) is 1.92. The van der Waals surface area contributed by atoms with Crippen molar-refractivity contribution < 1.29 is 9.47 Å². The molecule has 0 radical (unpaired) electrons. The van der Waals surface area contributed by atoms with E-state index < -0.39 is 5.56 Å². The number of halogens is 1. The lowest BCUT2D eigenvalue weighted by atomic mass is 10.0. The molecule has 134 valence electrons. The SMILES string of the molecule is COc1ccc([C@@H](CNc2cn[nH]c(=O)c2Cl)N2CCOCC2)cc1. The molecule has 1 saturated heterocycles. The Morgan fingerprint density at radius 3 is 2.76 bits per heavy atom. The van der Waals surface area contributed by atoms with Crippen LogP contribution in [0.15, 0.2) is 35.3 Å². The van der Waals surface area contributed by atoms with Gasteiger partial charge in [-0.2, -0.15) is 5.10 Å². The van der Waals surface area contributed by atoms with Gasteiger partial charge in [0.05, 0.1) is 38.2 Å². The molecule has 0 bridgehead atoms. The Balaban J connectivity index is 1.80. The number of nitrogens with one attached hydrogen (secondary N) is 2. The van der Waals surface area contributed by atoms with E-state index in [0.29, 0.717) is 25.4 Å². The molecule has 2 N–H and O–H groups in total. The zero-order valence-corrected chi connectivity index (χ0v) is 14.8. The van der Waals surface area contributed by atoms with Crippen molar-refractivity contribution in [1.82, 2.24) is 15.1 Å². The maximum atomic E-state index is 11.6. The van der Waals surface area contributed by atoms with Gasteiger partial charge in [-0.05, 0) is 17.7 Å². The van der Waals surface area contributed by atoms with Gasteiger partial charge in [-0.3, -0.25) is 9.69 Å². The van der Waals surface area contributed by atoms with E-state index in [0.717, 1.165) is 24.4 Å². The number of hydrogen-bond acceptors (Lipinski definition) is 6. The highest BCUT2D eigenvalue weighted by atomic mass is 35.5. The zero-order chi connectivity index (χ0) is 17.6. The molecule has 1 aromatic carbocycles. The van der Waals surface area contributed by atoms with Crippen LogP contribution in [0.1, 0.15) is 11.6 Å². The summed E-state index contributed by atoms with van der Waals surface area (Å²) < 4.78 is 10.7. The molecule has 7 nitrogen and oxygen atoms in total. The maximum absolute atomic E-state index is 11.6. The third kappa shape index (κ3) is 4.31. The third-order valence-corrected chi connectivity index (χ3v) is 4.64. The average Bonchev–Trinajstić information content (AvgIpc) is 2.66. The summed E-state index contributed by atoms with van der Waals surface area (Å²) >= 11 is 6.05. The normalized spacial score (nSPS) is 16.4. The molecule has 1 fully saturated rings. The number of nitrogens with zero attached hydrogens (tertiary/aromatic N) is 2. The van der Waals surface area contributed by atoms with E-state index in [1.807, 2.05) is 12.1 Å². The van der Waals surface area contributed by atoms with Crippen molar-refractivity contribution >= 4 is 17.3 Å². The second-order valence-electron chi connectivity index (χ2n) is 5.74. The second-order valence-corrected chi connectivity index (χ2v) is 6.12. The number of rotatable bonds is 6. The molecule has 25 heavy (non-hydrogen) atoms. The molecule has 2 aromatic rings. The fourth-order valence-electron chi connectivity index (χ4n) is 2.89. The lowest BCUT2D eigenvalue weighted by Gasteiger charge is -2.35. The van der Waals surface area contributed by atoms with Crippen molar-refractivity contribution in [1.29, 1.82) is 0 Å². The second kappa shape index (κ2) is 8.33.